The minimum atomic E-state index is -0.531. The summed E-state index contributed by atoms with van der Waals surface area (Å²) in [6.07, 6.45) is 0.755. The molecule has 0 aliphatic heterocycles. The molecule has 1 aromatic heterocycles. The highest BCUT2D eigenvalue weighted by atomic mass is 35.5. The molecule has 5 heteroatoms. The summed E-state index contributed by atoms with van der Waals surface area (Å²) in [5.41, 5.74) is 1.04. The lowest BCUT2D eigenvalue weighted by molar-refractivity contribution is 0.118. The molecule has 0 saturated carbocycles. The van der Waals surface area contributed by atoms with Crippen LogP contribution in [-0.2, 0) is 10.6 Å². The van der Waals surface area contributed by atoms with Crippen LogP contribution in [0.4, 0.5) is 9.18 Å². The molecule has 0 spiro atoms. The highest BCUT2D eigenvalue weighted by Gasteiger charge is 2.17. The number of fused-ring (bicyclic) bond motifs is 1. The Morgan fingerprint density at radius 2 is 2.22 bits per heavy atom. The summed E-state index contributed by atoms with van der Waals surface area (Å²) in [4.78, 5) is 11.9. The summed E-state index contributed by atoms with van der Waals surface area (Å²) in [5.74, 6) is -0.251. The second-order valence-corrected chi connectivity index (χ2v) is 4.49. The Kier molecular flexibility index (Phi) is 3.57. The summed E-state index contributed by atoms with van der Waals surface area (Å²) in [6, 6.07) is 4.56. The average molecular weight is 270 g/mol. The summed E-state index contributed by atoms with van der Waals surface area (Å²) >= 11 is 5.77. The van der Waals surface area contributed by atoms with Gasteiger partial charge < -0.3 is 4.74 Å². The molecule has 18 heavy (non-hydrogen) atoms. The van der Waals surface area contributed by atoms with Crippen molar-refractivity contribution in [2.45, 2.75) is 25.8 Å². The van der Waals surface area contributed by atoms with Gasteiger partial charge in [-0.2, -0.15) is 0 Å². The molecule has 2 aromatic rings. The van der Waals surface area contributed by atoms with Crippen LogP contribution in [0.5, 0.6) is 0 Å². The van der Waals surface area contributed by atoms with Crippen LogP contribution in [0.25, 0.3) is 10.9 Å². The molecule has 0 bridgehead atoms. The third-order valence-electron chi connectivity index (χ3n) is 2.53. The fourth-order valence-corrected chi connectivity index (χ4v) is 2.03. The quantitative estimate of drug-likeness (QED) is 0.774. The summed E-state index contributed by atoms with van der Waals surface area (Å²) < 4.78 is 20.1. The van der Waals surface area contributed by atoms with Gasteiger partial charge in [-0.05, 0) is 31.5 Å². The fraction of sp³-hybridized carbons (Fsp3) is 0.308. The van der Waals surface area contributed by atoms with Gasteiger partial charge in [0.1, 0.15) is 5.82 Å². The van der Waals surface area contributed by atoms with Crippen LogP contribution >= 0.6 is 11.6 Å². The molecule has 0 fully saturated rings. The van der Waals surface area contributed by atoms with Crippen molar-refractivity contribution in [1.29, 1.82) is 0 Å². The van der Waals surface area contributed by atoms with Crippen molar-refractivity contribution in [3.8, 4) is 0 Å². The monoisotopic (exact) mass is 269 g/mol. The second-order valence-electron chi connectivity index (χ2n) is 4.22. The van der Waals surface area contributed by atoms with Gasteiger partial charge in [-0.25, -0.2) is 9.18 Å². The fourth-order valence-electron chi connectivity index (χ4n) is 1.83. The number of benzene rings is 1. The molecule has 0 saturated heterocycles. The van der Waals surface area contributed by atoms with E-state index in [9.17, 15) is 9.18 Å². The molecule has 3 nitrogen and oxygen atoms in total. The number of halogens is 2. The van der Waals surface area contributed by atoms with Crippen molar-refractivity contribution in [2.24, 2.45) is 0 Å². The summed E-state index contributed by atoms with van der Waals surface area (Å²) in [6.45, 7) is 3.51. The molecule has 0 atom stereocenters. The number of hydrogen-bond donors (Lipinski definition) is 0. The van der Waals surface area contributed by atoms with Gasteiger partial charge in [-0.1, -0.05) is 6.07 Å². The highest BCUT2D eigenvalue weighted by Crippen LogP contribution is 2.26. The first-order chi connectivity index (χ1) is 8.54. The number of rotatable bonds is 2. The van der Waals surface area contributed by atoms with Gasteiger partial charge in [0.2, 0.25) is 0 Å². The van der Waals surface area contributed by atoms with Crippen molar-refractivity contribution in [3.63, 3.8) is 0 Å². The molecule has 1 heterocycles. The number of nitrogens with zero attached hydrogens (tertiary/aromatic N) is 1. The smallest absolute Gasteiger partial charge is 0.418 e. The zero-order valence-corrected chi connectivity index (χ0v) is 10.9. The molecule has 0 N–H and O–H groups in total. The van der Waals surface area contributed by atoms with Crippen molar-refractivity contribution in [3.05, 3.63) is 35.8 Å². The number of aromatic nitrogens is 1. The normalized spacial score (nSPS) is 11.2. The Hall–Kier alpha value is -1.55. The van der Waals surface area contributed by atoms with Gasteiger partial charge in [0.05, 0.1) is 11.6 Å². The number of ether oxygens (including phenoxy) is 1. The van der Waals surface area contributed by atoms with Gasteiger partial charge >= 0.3 is 6.09 Å². The molecule has 0 aliphatic carbocycles. The van der Waals surface area contributed by atoms with E-state index in [0.717, 1.165) is 0 Å². The maximum absolute atomic E-state index is 13.7. The van der Waals surface area contributed by atoms with E-state index >= 15 is 0 Å². The lowest BCUT2D eigenvalue weighted by Gasteiger charge is -2.08. The first-order valence-corrected chi connectivity index (χ1v) is 6.13. The zero-order valence-electron chi connectivity index (χ0n) is 10.1. The molecular weight excluding hydrogens is 257 g/mol. The van der Waals surface area contributed by atoms with Gasteiger partial charge in [-0.3, -0.25) is 4.57 Å². The van der Waals surface area contributed by atoms with Gasteiger partial charge in [0.25, 0.3) is 0 Å². The van der Waals surface area contributed by atoms with E-state index in [0.29, 0.717) is 16.5 Å². The zero-order chi connectivity index (χ0) is 13.3. The number of alkyl halides is 1. The summed E-state index contributed by atoms with van der Waals surface area (Å²) in [5, 5.41) is 0.369. The van der Waals surface area contributed by atoms with E-state index in [-0.39, 0.29) is 17.8 Å². The van der Waals surface area contributed by atoms with E-state index in [1.807, 2.05) is 0 Å². The minimum absolute atomic E-state index is 0.138. The molecule has 0 aliphatic rings. The maximum Gasteiger partial charge on any atom is 0.418 e. The molecular formula is C13H13ClFNO2. The third-order valence-corrected chi connectivity index (χ3v) is 2.82. The molecule has 0 unspecified atom stereocenters. The Morgan fingerprint density at radius 1 is 1.50 bits per heavy atom. The summed E-state index contributed by atoms with van der Waals surface area (Å²) in [7, 11) is 0. The SMILES string of the molecule is CC(C)OC(=O)n1cc(CCl)c2c(F)cccc21. The first-order valence-electron chi connectivity index (χ1n) is 5.60. The van der Waals surface area contributed by atoms with Gasteiger partial charge in [0, 0.05) is 17.5 Å². The topological polar surface area (TPSA) is 31.2 Å². The second kappa shape index (κ2) is 4.98. The third kappa shape index (κ3) is 2.20. The van der Waals surface area contributed by atoms with Crippen LogP contribution < -0.4 is 0 Å². The van der Waals surface area contributed by atoms with Crippen LogP contribution in [0.1, 0.15) is 19.4 Å². The van der Waals surface area contributed by atoms with E-state index < -0.39 is 6.09 Å². The molecule has 96 valence electrons. The molecule has 1 aromatic carbocycles. The van der Waals surface area contributed by atoms with Crippen LogP contribution in [0.3, 0.4) is 0 Å². The number of hydrogen-bond acceptors (Lipinski definition) is 2. The van der Waals surface area contributed by atoms with Gasteiger partial charge in [-0.15, -0.1) is 11.6 Å². The lowest BCUT2D eigenvalue weighted by atomic mass is 10.2. The van der Waals surface area contributed by atoms with Crippen molar-refractivity contribution in [2.75, 3.05) is 0 Å². The Morgan fingerprint density at radius 3 is 2.83 bits per heavy atom. The van der Waals surface area contributed by atoms with Crippen LogP contribution in [-0.4, -0.2) is 16.8 Å². The number of carbonyl (C=O) groups is 1. The average Bonchev–Trinajstić information content (AvgIpc) is 2.68. The van der Waals surface area contributed by atoms with E-state index in [4.69, 9.17) is 16.3 Å². The van der Waals surface area contributed by atoms with Gasteiger partial charge in [0.15, 0.2) is 0 Å². The van der Waals surface area contributed by atoms with Crippen LogP contribution in [0.15, 0.2) is 24.4 Å². The Bertz CT molecular complexity index is 592. The molecule has 0 amide bonds. The van der Waals surface area contributed by atoms with E-state index in [1.165, 1.54) is 16.8 Å². The van der Waals surface area contributed by atoms with E-state index in [1.54, 1.807) is 26.0 Å². The lowest BCUT2D eigenvalue weighted by Crippen LogP contribution is -2.17. The predicted octanol–water partition coefficient (Wildman–Crippen LogP) is 3.91. The molecule has 2 rings (SSSR count). The number of carbonyl (C=O) groups excluding carboxylic acids is 1. The van der Waals surface area contributed by atoms with E-state index in [2.05, 4.69) is 0 Å². The first kappa shape index (κ1) is 12.9. The molecule has 0 radical (unpaired) electrons. The van der Waals surface area contributed by atoms with Crippen LogP contribution in [0.2, 0.25) is 0 Å². The van der Waals surface area contributed by atoms with Crippen molar-refractivity contribution < 1.29 is 13.9 Å². The van der Waals surface area contributed by atoms with Crippen molar-refractivity contribution >= 4 is 28.6 Å². The Balaban J connectivity index is 2.59. The standard InChI is InChI=1S/C13H13ClFNO2/c1-8(2)18-13(17)16-7-9(6-14)12-10(15)4-3-5-11(12)16/h3-5,7-8H,6H2,1-2H3. The Labute approximate surface area is 109 Å². The van der Waals surface area contributed by atoms with Crippen molar-refractivity contribution in [1.82, 2.24) is 4.57 Å². The maximum atomic E-state index is 13.7. The predicted molar refractivity (Wildman–Crippen MR) is 68.5 cm³/mol. The highest BCUT2D eigenvalue weighted by molar-refractivity contribution is 6.18. The largest absolute Gasteiger partial charge is 0.446 e. The minimum Gasteiger partial charge on any atom is -0.446 e. The van der Waals surface area contributed by atoms with Crippen LogP contribution in [0, 0.1) is 5.82 Å².